The minimum Gasteiger partial charge on any atom is -0.124 e. The smallest absolute Gasteiger partial charge is 0.0890 e. The van der Waals surface area contributed by atoms with Crippen molar-refractivity contribution in [2.75, 3.05) is 0 Å². The Bertz CT molecular complexity index is 979. The van der Waals surface area contributed by atoms with Gasteiger partial charge in [-0.15, -0.1) is 22.7 Å². The Balaban J connectivity index is 1.99. The van der Waals surface area contributed by atoms with Crippen LogP contribution >= 0.6 is 22.7 Å². The summed E-state index contributed by atoms with van der Waals surface area (Å²) in [4.78, 5) is 0. The van der Waals surface area contributed by atoms with Crippen molar-refractivity contribution in [2.24, 2.45) is 0 Å². The molecule has 2 aromatic carbocycles. The van der Waals surface area contributed by atoms with Crippen molar-refractivity contribution < 1.29 is 0 Å². The number of rotatable bonds is 0. The molecule has 0 fully saturated rings. The molecule has 4 rings (SSSR count). The summed E-state index contributed by atoms with van der Waals surface area (Å²) in [6.07, 6.45) is 0. The van der Waals surface area contributed by atoms with Crippen molar-refractivity contribution in [1.82, 2.24) is 0 Å². The van der Waals surface area contributed by atoms with Crippen LogP contribution in [0.25, 0.3) is 29.6 Å². The molecule has 0 aliphatic carbocycles. The average molecular weight is 353 g/mol. The van der Waals surface area contributed by atoms with Gasteiger partial charge in [-0.25, -0.2) is 0 Å². The molecule has 0 bridgehead atoms. The summed E-state index contributed by atoms with van der Waals surface area (Å²) < 4.78 is 4.30. The van der Waals surface area contributed by atoms with Gasteiger partial charge in [-0.1, -0.05) is 65.8 Å². The number of hydrogen-bond donors (Lipinski definition) is 0. The highest BCUT2D eigenvalue weighted by molar-refractivity contribution is 7.44. The lowest BCUT2D eigenvalue weighted by Gasteiger charge is -2.19. The molecule has 0 atom stereocenters. The number of fused-ring (bicyclic) bond motifs is 5. The third-order valence-electron chi connectivity index (χ3n) is 4.84. The van der Waals surface area contributed by atoms with E-state index in [0.29, 0.717) is 0 Å². The molecule has 2 heterocycles. The van der Waals surface area contributed by atoms with Crippen LogP contribution in [0.5, 0.6) is 0 Å². The molecular formula is C22H24S2. The Morgan fingerprint density at radius 1 is 0.625 bits per heavy atom. The number of thiophene rings is 2. The van der Waals surface area contributed by atoms with E-state index in [0.717, 1.165) is 0 Å². The third-order valence-corrected chi connectivity index (χ3v) is 7.24. The first-order valence-electron chi connectivity index (χ1n) is 8.54. The predicted molar refractivity (Wildman–Crippen MR) is 112 cm³/mol. The molecule has 0 spiro atoms. The monoisotopic (exact) mass is 352 g/mol. The molecule has 0 amide bonds. The second-order valence-electron chi connectivity index (χ2n) is 8.79. The van der Waals surface area contributed by atoms with E-state index in [1.165, 1.54) is 40.7 Å². The molecule has 0 radical (unpaired) electrons. The fourth-order valence-corrected chi connectivity index (χ4v) is 5.93. The van der Waals surface area contributed by atoms with E-state index in [-0.39, 0.29) is 10.8 Å². The summed E-state index contributed by atoms with van der Waals surface area (Å²) >= 11 is 3.90. The average Bonchev–Trinajstić information content (AvgIpc) is 2.98. The van der Waals surface area contributed by atoms with Crippen molar-refractivity contribution in [3.63, 3.8) is 0 Å². The van der Waals surface area contributed by atoms with Crippen LogP contribution in [0.4, 0.5) is 0 Å². The third kappa shape index (κ3) is 2.48. The van der Waals surface area contributed by atoms with E-state index in [2.05, 4.69) is 77.9 Å². The first-order valence-corrected chi connectivity index (χ1v) is 10.2. The summed E-state index contributed by atoms with van der Waals surface area (Å²) in [5.41, 5.74) is 3.25. The van der Waals surface area contributed by atoms with Crippen molar-refractivity contribution in [3.8, 4) is 0 Å². The van der Waals surface area contributed by atoms with E-state index in [9.17, 15) is 0 Å². The Morgan fingerprint density at radius 3 is 1.42 bits per heavy atom. The lowest BCUT2D eigenvalue weighted by Crippen LogP contribution is -2.10. The summed E-state index contributed by atoms with van der Waals surface area (Å²) in [7, 11) is 0. The molecule has 0 aliphatic rings. The van der Waals surface area contributed by atoms with Crippen LogP contribution < -0.4 is 0 Å². The minimum absolute atomic E-state index is 0.204. The molecule has 0 N–H and O–H groups in total. The Kier molecular flexibility index (Phi) is 3.40. The van der Waals surface area contributed by atoms with E-state index in [4.69, 9.17) is 0 Å². The molecule has 24 heavy (non-hydrogen) atoms. The maximum absolute atomic E-state index is 2.39. The molecule has 0 aliphatic heterocycles. The fraction of sp³-hybridized carbons (Fsp3) is 0.364. The van der Waals surface area contributed by atoms with E-state index < -0.39 is 0 Å². The van der Waals surface area contributed by atoms with Crippen molar-refractivity contribution in [3.05, 3.63) is 47.5 Å². The highest BCUT2D eigenvalue weighted by atomic mass is 32.2. The van der Waals surface area contributed by atoms with Crippen molar-refractivity contribution in [1.29, 1.82) is 0 Å². The number of benzene rings is 2. The second kappa shape index (κ2) is 5.06. The van der Waals surface area contributed by atoms with Crippen LogP contribution in [-0.4, -0.2) is 0 Å². The first-order chi connectivity index (χ1) is 11.1. The molecule has 0 unspecified atom stereocenters. The van der Waals surface area contributed by atoms with Crippen LogP contribution in [0.2, 0.25) is 0 Å². The van der Waals surface area contributed by atoms with Crippen LogP contribution in [0.15, 0.2) is 36.4 Å². The topological polar surface area (TPSA) is 0 Å². The Hall–Kier alpha value is -1.38. The zero-order valence-electron chi connectivity index (χ0n) is 15.3. The van der Waals surface area contributed by atoms with E-state index >= 15 is 0 Å². The van der Waals surface area contributed by atoms with Gasteiger partial charge >= 0.3 is 0 Å². The summed E-state index contributed by atoms with van der Waals surface area (Å²) in [5, 5.41) is 4.28. The highest BCUT2D eigenvalue weighted by Gasteiger charge is 2.19. The standard InChI is InChI=1S/C22H24S2/c1-21(2,3)13-7-9-15-17(11-13)23-20-19(15)16-10-8-14(22(4,5)6)12-18(16)24-20/h7-12H,1-6H3. The van der Waals surface area contributed by atoms with E-state index in [1.807, 2.05) is 22.7 Å². The Labute approximate surface area is 152 Å². The van der Waals surface area contributed by atoms with Gasteiger partial charge in [0.05, 0.1) is 4.01 Å². The van der Waals surface area contributed by atoms with Gasteiger partial charge in [0, 0.05) is 25.6 Å². The lowest BCUT2D eigenvalue weighted by molar-refractivity contribution is 0.591. The maximum Gasteiger partial charge on any atom is 0.0890 e. The molecule has 0 saturated heterocycles. The van der Waals surface area contributed by atoms with Gasteiger partial charge in [-0.2, -0.15) is 0 Å². The maximum atomic E-state index is 2.39. The summed E-state index contributed by atoms with van der Waals surface area (Å²) in [6, 6.07) is 14.1. The molecule has 4 aromatic rings. The van der Waals surface area contributed by atoms with Crippen LogP contribution in [0, 0.1) is 0 Å². The zero-order valence-corrected chi connectivity index (χ0v) is 16.9. The van der Waals surface area contributed by atoms with E-state index in [1.54, 1.807) is 0 Å². The minimum atomic E-state index is 0.204. The van der Waals surface area contributed by atoms with Crippen LogP contribution in [0.3, 0.4) is 0 Å². The van der Waals surface area contributed by atoms with Crippen molar-refractivity contribution >= 4 is 52.2 Å². The van der Waals surface area contributed by atoms with Gasteiger partial charge in [-0.05, 0) is 34.1 Å². The lowest BCUT2D eigenvalue weighted by atomic mass is 9.86. The predicted octanol–water partition coefficient (Wildman–Crippen LogP) is 7.86. The van der Waals surface area contributed by atoms with Gasteiger partial charge in [0.1, 0.15) is 0 Å². The van der Waals surface area contributed by atoms with Crippen LogP contribution in [0.1, 0.15) is 52.7 Å². The van der Waals surface area contributed by atoms with Gasteiger partial charge in [0.15, 0.2) is 0 Å². The molecule has 2 aromatic heterocycles. The molecule has 2 heteroatoms. The Morgan fingerprint density at radius 2 is 1.04 bits per heavy atom. The largest absolute Gasteiger partial charge is 0.124 e. The van der Waals surface area contributed by atoms with Crippen molar-refractivity contribution in [2.45, 2.75) is 52.4 Å². The normalized spacial score (nSPS) is 13.4. The highest BCUT2D eigenvalue weighted by Crippen LogP contribution is 2.45. The molecular weight excluding hydrogens is 328 g/mol. The van der Waals surface area contributed by atoms with Gasteiger partial charge < -0.3 is 0 Å². The second-order valence-corrected chi connectivity index (χ2v) is 11.2. The fourth-order valence-electron chi connectivity index (χ4n) is 3.25. The first kappa shape index (κ1) is 16.1. The van der Waals surface area contributed by atoms with Gasteiger partial charge in [0.25, 0.3) is 0 Å². The van der Waals surface area contributed by atoms with Crippen LogP contribution in [-0.2, 0) is 10.8 Å². The molecule has 124 valence electrons. The molecule has 0 nitrogen and oxygen atoms in total. The molecule has 0 saturated carbocycles. The SMILES string of the molecule is CC(C)(C)c1ccc2c(c1)sc1sc3cc(C(C)(C)C)ccc3c12. The zero-order chi connectivity index (χ0) is 17.3. The number of hydrogen-bond acceptors (Lipinski definition) is 2. The van der Waals surface area contributed by atoms with Gasteiger partial charge in [0.2, 0.25) is 0 Å². The quantitative estimate of drug-likeness (QED) is 0.302. The summed E-state index contributed by atoms with van der Waals surface area (Å²) in [5.74, 6) is 0. The summed E-state index contributed by atoms with van der Waals surface area (Å²) in [6.45, 7) is 13.7. The van der Waals surface area contributed by atoms with Gasteiger partial charge in [-0.3, -0.25) is 0 Å².